The van der Waals surface area contributed by atoms with E-state index < -0.39 is 11.9 Å². The standard InChI is InChI=1S/C22H24N2O5/c1-14-10-15(2)22(16(3)11-14)23-19(25)12-29-21(27)8-9-24-17-6-4-5-7-18(17)28-13-20(24)26/h4-7,10-11H,8-9,12-13H2,1-3H3,(H,23,25). The number of nitrogens with one attached hydrogen (secondary N) is 1. The van der Waals surface area contributed by atoms with E-state index in [9.17, 15) is 14.4 Å². The molecule has 1 N–H and O–H groups in total. The summed E-state index contributed by atoms with van der Waals surface area (Å²) in [4.78, 5) is 37.8. The summed E-state index contributed by atoms with van der Waals surface area (Å²) in [5.74, 6) is -0.571. The summed E-state index contributed by atoms with van der Waals surface area (Å²) in [7, 11) is 0. The Morgan fingerprint density at radius 1 is 1.14 bits per heavy atom. The highest BCUT2D eigenvalue weighted by Crippen LogP contribution is 2.31. The molecule has 0 spiro atoms. The third-order valence-corrected chi connectivity index (χ3v) is 4.65. The average Bonchev–Trinajstić information content (AvgIpc) is 2.68. The summed E-state index contributed by atoms with van der Waals surface area (Å²) in [6.07, 6.45) is -0.0179. The number of amides is 2. The summed E-state index contributed by atoms with van der Waals surface area (Å²) in [5.41, 5.74) is 4.37. The molecule has 1 heterocycles. The van der Waals surface area contributed by atoms with Crippen LogP contribution < -0.4 is 15.0 Å². The molecule has 0 unspecified atom stereocenters. The Hall–Kier alpha value is -3.35. The van der Waals surface area contributed by atoms with Crippen molar-refractivity contribution in [1.82, 2.24) is 0 Å². The van der Waals surface area contributed by atoms with Gasteiger partial charge in [0.1, 0.15) is 5.75 Å². The van der Waals surface area contributed by atoms with Gasteiger partial charge in [0.15, 0.2) is 13.2 Å². The van der Waals surface area contributed by atoms with Crippen molar-refractivity contribution in [3.05, 3.63) is 53.1 Å². The van der Waals surface area contributed by atoms with E-state index in [-0.39, 0.29) is 32.1 Å². The average molecular weight is 396 g/mol. The van der Waals surface area contributed by atoms with Crippen LogP contribution >= 0.6 is 0 Å². The first kappa shape index (κ1) is 20.4. The fourth-order valence-electron chi connectivity index (χ4n) is 3.37. The van der Waals surface area contributed by atoms with Gasteiger partial charge in [-0.15, -0.1) is 0 Å². The largest absolute Gasteiger partial charge is 0.482 e. The molecule has 0 aliphatic carbocycles. The van der Waals surface area contributed by atoms with Gasteiger partial charge in [0, 0.05) is 12.2 Å². The monoisotopic (exact) mass is 396 g/mol. The van der Waals surface area contributed by atoms with E-state index in [1.165, 1.54) is 4.90 Å². The minimum atomic E-state index is -0.547. The number of para-hydroxylation sites is 2. The zero-order valence-electron chi connectivity index (χ0n) is 16.8. The highest BCUT2D eigenvalue weighted by atomic mass is 16.5. The second-order valence-electron chi connectivity index (χ2n) is 7.03. The minimum absolute atomic E-state index is 0.0179. The number of rotatable bonds is 6. The van der Waals surface area contributed by atoms with Gasteiger partial charge >= 0.3 is 5.97 Å². The van der Waals surface area contributed by atoms with Gasteiger partial charge in [-0.05, 0) is 44.0 Å². The van der Waals surface area contributed by atoms with E-state index in [0.717, 1.165) is 22.4 Å². The molecule has 3 rings (SSSR count). The number of fused-ring (bicyclic) bond motifs is 1. The van der Waals surface area contributed by atoms with Gasteiger partial charge < -0.3 is 19.7 Å². The number of ether oxygens (including phenoxy) is 2. The molecule has 2 aromatic carbocycles. The predicted octanol–water partition coefficient (Wildman–Crippen LogP) is 2.91. The lowest BCUT2D eigenvalue weighted by Crippen LogP contribution is -2.40. The second-order valence-corrected chi connectivity index (χ2v) is 7.03. The minimum Gasteiger partial charge on any atom is -0.482 e. The molecule has 2 aromatic rings. The Bertz CT molecular complexity index is 931. The molecular formula is C22H24N2O5. The normalized spacial score (nSPS) is 12.8. The molecule has 0 atom stereocenters. The van der Waals surface area contributed by atoms with E-state index in [4.69, 9.17) is 9.47 Å². The van der Waals surface area contributed by atoms with E-state index >= 15 is 0 Å². The molecular weight excluding hydrogens is 372 g/mol. The molecule has 0 aromatic heterocycles. The number of anilines is 2. The van der Waals surface area contributed by atoms with Crippen LogP contribution in [0.1, 0.15) is 23.1 Å². The molecule has 0 fully saturated rings. The van der Waals surface area contributed by atoms with Crippen molar-refractivity contribution in [2.75, 3.05) is 30.0 Å². The molecule has 0 radical (unpaired) electrons. The Kier molecular flexibility index (Phi) is 6.16. The maximum atomic E-state index is 12.2. The van der Waals surface area contributed by atoms with Gasteiger partial charge in [0.2, 0.25) is 0 Å². The number of carbonyl (C=O) groups excluding carboxylic acids is 3. The van der Waals surface area contributed by atoms with Crippen molar-refractivity contribution in [2.45, 2.75) is 27.2 Å². The summed E-state index contributed by atoms with van der Waals surface area (Å²) in [5, 5.41) is 2.79. The van der Waals surface area contributed by atoms with Gasteiger partial charge in [0.25, 0.3) is 11.8 Å². The van der Waals surface area contributed by atoms with Gasteiger partial charge in [-0.1, -0.05) is 29.8 Å². The quantitative estimate of drug-likeness (QED) is 0.759. The molecule has 7 nitrogen and oxygen atoms in total. The molecule has 7 heteroatoms. The lowest BCUT2D eigenvalue weighted by molar-refractivity contribution is -0.147. The SMILES string of the molecule is Cc1cc(C)c(NC(=O)COC(=O)CCN2C(=O)COc3ccccc32)c(C)c1. The zero-order valence-corrected chi connectivity index (χ0v) is 16.8. The maximum absolute atomic E-state index is 12.2. The van der Waals surface area contributed by atoms with Crippen molar-refractivity contribution in [1.29, 1.82) is 0 Å². The van der Waals surface area contributed by atoms with E-state index in [0.29, 0.717) is 11.4 Å². The van der Waals surface area contributed by atoms with Crippen LogP contribution in [-0.4, -0.2) is 37.5 Å². The van der Waals surface area contributed by atoms with Crippen LogP contribution in [0.5, 0.6) is 5.75 Å². The number of aryl methyl sites for hydroxylation is 3. The first-order valence-electron chi connectivity index (χ1n) is 9.40. The van der Waals surface area contributed by atoms with Crippen molar-refractivity contribution >= 4 is 29.2 Å². The fourth-order valence-corrected chi connectivity index (χ4v) is 3.37. The Morgan fingerprint density at radius 3 is 2.55 bits per heavy atom. The maximum Gasteiger partial charge on any atom is 0.308 e. The van der Waals surface area contributed by atoms with E-state index in [1.807, 2.05) is 39.0 Å². The Labute approximate surface area is 169 Å². The molecule has 1 aliphatic heterocycles. The van der Waals surface area contributed by atoms with Gasteiger partial charge in [-0.2, -0.15) is 0 Å². The highest BCUT2D eigenvalue weighted by Gasteiger charge is 2.25. The molecule has 0 bridgehead atoms. The molecule has 1 aliphatic rings. The number of benzene rings is 2. The van der Waals surface area contributed by atoms with Crippen molar-refractivity contribution < 1.29 is 23.9 Å². The number of esters is 1. The van der Waals surface area contributed by atoms with Crippen LogP contribution in [-0.2, 0) is 19.1 Å². The first-order valence-corrected chi connectivity index (χ1v) is 9.40. The summed E-state index contributed by atoms with van der Waals surface area (Å²) in [6, 6.07) is 11.1. The van der Waals surface area contributed by atoms with Gasteiger partial charge in [-0.25, -0.2) is 0 Å². The topological polar surface area (TPSA) is 84.9 Å². The van der Waals surface area contributed by atoms with Crippen LogP contribution in [0.4, 0.5) is 11.4 Å². The molecule has 2 amide bonds. The van der Waals surface area contributed by atoms with E-state index in [1.54, 1.807) is 18.2 Å². The van der Waals surface area contributed by atoms with Crippen molar-refractivity contribution in [3.8, 4) is 5.75 Å². The Balaban J connectivity index is 1.51. The van der Waals surface area contributed by atoms with Crippen LogP contribution in [0.25, 0.3) is 0 Å². The smallest absolute Gasteiger partial charge is 0.308 e. The molecule has 0 saturated heterocycles. The predicted molar refractivity (Wildman–Crippen MR) is 109 cm³/mol. The zero-order chi connectivity index (χ0) is 21.0. The molecule has 152 valence electrons. The lowest BCUT2D eigenvalue weighted by Gasteiger charge is -2.28. The second kappa shape index (κ2) is 8.77. The van der Waals surface area contributed by atoms with Crippen LogP contribution in [0.15, 0.2) is 36.4 Å². The van der Waals surface area contributed by atoms with E-state index in [2.05, 4.69) is 5.32 Å². The number of hydrogen-bond acceptors (Lipinski definition) is 5. The summed E-state index contributed by atoms with van der Waals surface area (Å²) < 4.78 is 10.4. The third kappa shape index (κ3) is 4.93. The molecule has 29 heavy (non-hydrogen) atoms. The van der Waals surface area contributed by atoms with Crippen LogP contribution in [0.3, 0.4) is 0 Å². The summed E-state index contributed by atoms with van der Waals surface area (Å²) >= 11 is 0. The number of hydrogen-bond donors (Lipinski definition) is 1. The lowest BCUT2D eigenvalue weighted by atomic mass is 10.1. The molecule has 0 saturated carbocycles. The highest BCUT2D eigenvalue weighted by molar-refractivity contribution is 5.98. The summed E-state index contributed by atoms with van der Waals surface area (Å²) in [6.45, 7) is 5.54. The first-order chi connectivity index (χ1) is 13.8. The van der Waals surface area contributed by atoms with Crippen molar-refractivity contribution in [3.63, 3.8) is 0 Å². The van der Waals surface area contributed by atoms with Gasteiger partial charge in [0.05, 0.1) is 12.1 Å². The van der Waals surface area contributed by atoms with Crippen molar-refractivity contribution in [2.24, 2.45) is 0 Å². The number of nitrogens with zero attached hydrogens (tertiary/aromatic N) is 1. The van der Waals surface area contributed by atoms with Crippen LogP contribution in [0.2, 0.25) is 0 Å². The van der Waals surface area contributed by atoms with Gasteiger partial charge in [-0.3, -0.25) is 14.4 Å². The fraction of sp³-hybridized carbons (Fsp3) is 0.318. The number of carbonyl (C=O) groups is 3. The Morgan fingerprint density at radius 2 is 1.83 bits per heavy atom. The third-order valence-electron chi connectivity index (χ3n) is 4.65. The van der Waals surface area contributed by atoms with Crippen LogP contribution in [0, 0.1) is 20.8 Å².